The highest BCUT2D eigenvalue weighted by atomic mass is 16.5. The number of hydrogen-bond acceptors (Lipinski definition) is 4. The minimum absolute atomic E-state index is 0.542. The molecule has 3 rings (SSSR count). The molecule has 0 unspecified atom stereocenters. The summed E-state index contributed by atoms with van der Waals surface area (Å²) in [5.74, 6) is 1.61. The molecule has 0 bridgehead atoms. The van der Waals surface area contributed by atoms with Gasteiger partial charge < -0.3 is 9.47 Å². The summed E-state index contributed by atoms with van der Waals surface area (Å²) in [5.41, 5.74) is 1.77. The second-order valence-corrected chi connectivity index (χ2v) is 6.24. The minimum Gasteiger partial charge on any atom is -0.497 e. The number of carbonyl (C=O) groups is 1. The molecule has 0 amide bonds. The molecule has 4 heteroatoms. The van der Waals surface area contributed by atoms with Gasteiger partial charge in [-0.15, -0.1) is 0 Å². The molecule has 1 aliphatic carbocycles. The van der Waals surface area contributed by atoms with Gasteiger partial charge in [0.05, 0.1) is 14.2 Å². The zero-order chi connectivity index (χ0) is 18.6. The number of benzene rings is 2. The molecule has 0 heterocycles. The van der Waals surface area contributed by atoms with E-state index in [0.717, 1.165) is 17.6 Å². The normalized spacial score (nSPS) is 14.4. The zero-order valence-corrected chi connectivity index (χ0v) is 15.6. The summed E-state index contributed by atoms with van der Waals surface area (Å²) in [5, 5.41) is 0. The Balaban J connectivity index is 0.000000209. The van der Waals surface area contributed by atoms with Gasteiger partial charge in [-0.2, -0.15) is 0 Å². The van der Waals surface area contributed by atoms with E-state index in [1.807, 2.05) is 24.4 Å². The molecule has 1 saturated carbocycles. The van der Waals surface area contributed by atoms with Crippen LogP contribution in [0, 0.1) is 0 Å². The molecule has 2 aromatic carbocycles. The fraction of sp³-hybridized carbons (Fsp3) is 0.364. The van der Waals surface area contributed by atoms with Crippen molar-refractivity contribution < 1.29 is 14.3 Å². The number of hydrogen-bond donors (Lipinski definition) is 0. The Hall–Kier alpha value is -2.62. The average Bonchev–Trinajstić information content (AvgIpc) is 2.73. The van der Waals surface area contributed by atoms with Gasteiger partial charge in [-0.1, -0.05) is 43.5 Å². The van der Waals surface area contributed by atoms with Gasteiger partial charge in [0.25, 0.3) is 0 Å². The predicted octanol–water partition coefficient (Wildman–Crippen LogP) is 4.95. The summed E-state index contributed by atoms with van der Waals surface area (Å²) in [7, 11) is 3.27. The average molecular weight is 353 g/mol. The largest absolute Gasteiger partial charge is 0.497 e. The lowest BCUT2D eigenvalue weighted by Gasteiger charge is -2.17. The van der Waals surface area contributed by atoms with Gasteiger partial charge in [-0.3, -0.25) is 9.79 Å². The maximum atomic E-state index is 10.2. The fourth-order valence-electron chi connectivity index (χ4n) is 2.86. The first-order valence-corrected chi connectivity index (χ1v) is 9.01. The van der Waals surface area contributed by atoms with Gasteiger partial charge >= 0.3 is 0 Å². The predicted molar refractivity (Wildman–Crippen MR) is 106 cm³/mol. The molecule has 0 spiro atoms. The lowest BCUT2D eigenvalue weighted by Crippen LogP contribution is -2.09. The molecular formula is C22H27NO3. The van der Waals surface area contributed by atoms with Crippen molar-refractivity contribution in [2.45, 2.75) is 38.1 Å². The molecule has 26 heavy (non-hydrogen) atoms. The molecule has 1 aliphatic rings. The van der Waals surface area contributed by atoms with Crippen molar-refractivity contribution in [2.24, 2.45) is 4.99 Å². The SMILES string of the molecule is COc1cccc(C=NC2CCCCC2)c1.COc1cccc(C=O)c1. The van der Waals surface area contributed by atoms with E-state index in [9.17, 15) is 4.79 Å². The zero-order valence-electron chi connectivity index (χ0n) is 15.6. The van der Waals surface area contributed by atoms with E-state index >= 15 is 0 Å². The van der Waals surface area contributed by atoms with E-state index in [2.05, 4.69) is 11.1 Å². The second kappa shape index (κ2) is 11.1. The molecule has 138 valence electrons. The Morgan fingerprint density at radius 2 is 1.46 bits per heavy atom. The van der Waals surface area contributed by atoms with Crippen LogP contribution in [-0.2, 0) is 0 Å². The van der Waals surface area contributed by atoms with Crippen molar-refractivity contribution in [2.75, 3.05) is 14.2 Å². The highest BCUT2D eigenvalue weighted by molar-refractivity contribution is 5.80. The van der Waals surface area contributed by atoms with E-state index in [-0.39, 0.29) is 0 Å². The maximum absolute atomic E-state index is 10.2. The number of aliphatic imine (C=N–C) groups is 1. The van der Waals surface area contributed by atoms with Gasteiger partial charge in [0.2, 0.25) is 0 Å². The molecule has 0 N–H and O–H groups in total. The summed E-state index contributed by atoms with van der Waals surface area (Å²) >= 11 is 0. The van der Waals surface area contributed by atoms with Crippen LogP contribution in [0.2, 0.25) is 0 Å². The molecule has 1 fully saturated rings. The summed E-state index contributed by atoms with van der Waals surface area (Å²) in [6.07, 6.45) is 9.33. The number of methoxy groups -OCH3 is 2. The van der Waals surface area contributed by atoms with Gasteiger partial charge in [0.15, 0.2) is 0 Å². The number of rotatable bonds is 5. The second-order valence-electron chi connectivity index (χ2n) is 6.24. The number of carbonyl (C=O) groups excluding carboxylic acids is 1. The number of nitrogens with zero attached hydrogens (tertiary/aromatic N) is 1. The van der Waals surface area contributed by atoms with Crippen LogP contribution in [0.1, 0.15) is 48.0 Å². The van der Waals surface area contributed by atoms with Crippen LogP contribution in [0.3, 0.4) is 0 Å². The van der Waals surface area contributed by atoms with Crippen LogP contribution in [0.5, 0.6) is 11.5 Å². The Morgan fingerprint density at radius 1 is 0.885 bits per heavy atom. The van der Waals surface area contributed by atoms with E-state index in [1.54, 1.807) is 38.5 Å². The summed E-state index contributed by atoms with van der Waals surface area (Å²) < 4.78 is 10.1. The molecule has 2 aromatic rings. The van der Waals surface area contributed by atoms with Crippen LogP contribution in [0.4, 0.5) is 0 Å². The summed E-state index contributed by atoms with van der Waals surface area (Å²) in [6.45, 7) is 0. The first-order valence-electron chi connectivity index (χ1n) is 9.01. The standard InChI is InChI=1S/C14H19NO.C8H8O2/c1-16-14-9-5-6-12(10-14)11-15-13-7-3-2-4-8-13;1-10-8-4-2-3-7(5-8)6-9/h5-6,9-11,13H,2-4,7-8H2,1H3;2-6H,1H3. The Morgan fingerprint density at radius 3 is 2.04 bits per heavy atom. The first kappa shape index (κ1) is 19.7. The Labute approximate surface area is 155 Å². The van der Waals surface area contributed by atoms with Crippen LogP contribution in [0.15, 0.2) is 53.5 Å². The van der Waals surface area contributed by atoms with E-state index in [4.69, 9.17) is 9.47 Å². The van der Waals surface area contributed by atoms with Crippen LogP contribution in [-0.4, -0.2) is 32.8 Å². The number of aldehydes is 1. The maximum Gasteiger partial charge on any atom is 0.150 e. The van der Waals surface area contributed by atoms with Gasteiger partial charge in [-0.25, -0.2) is 0 Å². The molecule has 0 aromatic heterocycles. The molecule has 0 aliphatic heterocycles. The third-order valence-electron chi connectivity index (χ3n) is 4.33. The van der Waals surface area contributed by atoms with Crippen molar-refractivity contribution >= 4 is 12.5 Å². The van der Waals surface area contributed by atoms with Gasteiger partial charge in [-0.05, 0) is 42.7 Å². The monoisotopic (exact) mass is 353 g/mol. The van der Waals surface area contributed by atoms with Crippen LogP contribution < -0.4 is 9.47 Å². The smallest absolute Gasteiger partial charge is 0.150 e. The lowest BCUT2D eigenvalue weighted by molar-refractivity contribution is 0.112. The lowest BCUT2D eigenvalue weighted by atomic mass is 9.96. The quantitative estimate of drug-likeness (QED) is 0.564. The van der Waals surface area contributed by atoms with Crippen molar-refractivity contribution in [3.05, 3.63) is 59.7 Å². The molecule has 0 saturated heterocycles. The third kappa shape index (κ3) is 6.71. The highest BCUT2D eigenvalue weighted by Gasteiger charge is 2.10. The van der Waals surface area contributed by atoms with E-state index in [1.165, 1.54) is 32.1 Å². The summed E-state index contributed by atoms with van der Waals surface area (Å²) in [6, 6.07) is 15.6. The van der Waals surface area contributed by atoms with Crippen molar-refractivity contribution in [1.82, 2.24) is 0 Å². The number of ether oxygens (including phenoxy) is 2. The third-order valence-corrected chi connectivity index (χ3v) is 4.33. The Kier molecular flexibility index (Phi) is 8.40. The molecule has 0 radical (unpaired) electrons. The highest BCUT2D eigenvalue weighted by Crippen LogP contribution is 2.20. The molecular weight excluding hydrogens is 326 g/mol. The topological polar surface area (TPSA) is 47.9 Å². The van der Waals surface area contributed by atoms with Crippen molar-refractivity contribution in [3.8, 4) is 11.5 Å². The minimum atomic E-state index is 0.542. The van der Waals surface area contributed by atoms with Gasteiger partial charge in [0.1, 0.15) is 17.8 Å². The van der Waals surface area contributed by atoms with E-state index < -0.39 is 0 Å². The Bertz CT molecular complexity index is 706. The van der Waals surface area contributed by atoms with Crippen LogP contribution >= 0.6 is 0 Å². The molecule has 0 atom stereocenters. The van der Waals surface area contributed by atoms with Gasteiger partial charge in [0, 0.05) is 17.8 Å². The van der Waals surface area contributed by atoms with E-state index in [0.29, 0.717) is 17.4 Å². The van der Waals surface area contributed by atoms with Crippen molar-refractivity contribution in [1.29, 1.82) is 0 Å². The fourth-order valence-corrected chi connectivity index (χ4v) is 2.86. The summed E-state index contributed by atoms with van der Waals surface area (Å²) in [4.78, 5) is 14.9. The molecule has 4 nitrogen and oxygen atoms in total. The van der Waals surface area contributed by atoms with Crippen LogP contribution in [0.25, 0.3) is 0 Å². The van der Waals surface area contributed by atoms with Crippen molar-refractivity contribution in [3.63, 3.8) is 0 Å². The first-order chi connectivity index (χ1) is 12.7.